The van der Waals surface area contributed by atoms with E-state index in [1.807, 2.05) is 0 Å². The van der Waals surface area contributed by atoms with Gasteiger partial charge in [0.2, 0.25) is 0 Å². The minimum absolute atomic E-state index is 0.0692. The summed E-state index contributed by atoms with van der Waals surface area (Å²) in [7, 11) is 0. The zero-order valence-corrected chi connectivity index (χ0v) is 6.57. The SMILES string of the molecule is O=[C]C(=O)OCCCOC(=O)[C]=O. The molecule has 0 N–H and O–H groups in total. The highest BCUT2D eigenvalue weighted by molar-refractivity contribution is 6.21. The van der Waals surface area contributed by atoms with Gasteiger partial charge in [0.25, 0.3) is 0 Å². The first-order valence-electron chi connectivity index (χ1n) is 3.30. The Labute approximate surface area is 73.8 Å². The number of carbonyl (C=O) groups excluding carboxylic acids is 4. The lowest BCUT2D eigenvalue weighted by atomic mass is 10.5. The molecule has 0 saturated heterocycles. The zero-order chi connectivity index (χ0) is 10.1. The van der Waals surface area contributed by atoms with Crippen molar-refractivity contribution in [2.24, 2.45) is 0 Å². The lowest BCUT2D eigenvalue weighted by Crippen LogP contribution is -2.11. The van der Waals surface area contributed by atoms with E-state index in [-0.39, 0.29) is 19.6 Å². The van der Waals surface area contributed by atoms with Crippen LogP contribution in [0.25, 0.3) is 0 Å². The van der Waals surface area contributed by atoms with Crippen LogP contribution in [0.3, 0.4) is 0 Å². The molecule has 0 heterocycles. The van der Waals surface area contributed by atoms with E-state index in [0.29, 0.717) is 0 Å². The van der Waals surface area contributed by atoms with E-state index < -0.39 is 11.9 Å². The smallest absolute Gasteiger partial charge is 0.383 e. The van der Waals surface area contributed by atoms with Gasteiger partial charge < -0.3 is 9.47 Å². The Balaban J connectivity index is 3.26. The van der Waals surface area contributed by atoms with Gasteiger partial charge in [-0.1, -0.05) is 0 Å². The molecule has 0 aromatic rings. The van der Waals surface area contributed by atoms with Crippen LogP contribution in [0.5, 0.6) is 0 Å². The Morgan fingerprint density at radius 2 is 1.31 bits per heavy atom. The molecule has 0 bridgehead atoms. The predicted octanol–water partition coefficient (Wildman–Crippen LogP) is -1.32. The van der Waals surface area contributed by atoms with E-state index in [9.17, 15) is 19.2 Å². The number of hydrogen-bond acceptors (Lipinski definition) is 6. The van der Waals surface area contributed by atoms with Gasteiger partial charge in [-0.05, 0) is 0 Å². The zero-order valence-electron chi connectivity index (χ0n) is 6.57. The van der Waals surface area contributed by atoms with Crippen LogP contribution in [-0.4, -0.2) is 37.7 Å². The molecule has 0 spiro atoms. The summed E-state index contributed by atoms with van der Waals surface area (Å²) in [4.78, 5) is 39.5. The first-order valence-corrected chi connectivity index (χ1v) is 3.30. The van der Waals surface area contributed by atoms with Gasteiger partial charge in [-0.15, -0.1) is 0 Å². The molecule has 0 aliphatic carbocycles. The molecule has 0 aromatic heterocycles. The molecule has 0 aliphatic heterocycles. The summed E-state index contributed by atoms with van der Waals surface area (Å²) >= 11 is 0. The van der Waals surface area contributed by atoms with E-state index in [2.05, 4.69) is 9.47 Å². The summed E-state index contributed by atoms with van der Waals surface area (Å²) in [6.07, 6.45) is 2.20. The minimum atomic E-state index is -1.10. The van der Waals surface area contributed by atoms with Gasteiger partial charge in [0.15, 0.2) is 0 Å². The van der Waals surface area contributed by atoms with Crippen molar-refractivity contribution >= 4 is 24.5 Å². The second-order valence-electron chi connectivity index (χ2n) is 1.83. The van der Waals surface area contributed by atoms with E-state index >= 15 is 0 Å². The van der Waals surface area contributed by atoms with Crippen LogP contribution < -0.4 is 0 Å². The molecule has 0 aliphatic rings. The maximum atomic E-state index is 10.1. The second kappa shape index (κ2) is 6.96. The highest BCUT2D eigenvalue weighted by Crippen LogP contribution is 1.85. The molecular formula is C7H6O6. The third-order valence-corrected chi connectivity index (χ3v) is 0.922. The number of rotatable bonds is 6. The van der Waals surface area contributed by atoms with Gasteiger partial charge in [0.05, 0.1) is 13.2 Å². The van der Waals surface area contributed by atoms with Gasteiger partial charge in [-0.25, -0.2) is 9.59 Å². The lowest BCUT2D eigenvalue weighted by molar-refractivity contribution is -0.138. The normalized spacial score (nSPS) is 8.62. The highest BCUT2D eigenvalue weighted by atomic mass is 16.5. The van der Waals surface area contributed by atoms with Gasteiger partial charge in [-0.3, -0.25) is 9.59 Å². The second-order valence-corrected chi connectivity index (χ2v) is 1.83. The summed E-state index contributed by atoms with van der Waals surface area (Å²) in [6, 6.07) is 0. The van der Waals surface area contributed by atoms with E-state index in [1.165, 1.54) is 0 Å². The fourth-order valence-electron chi connectivity index (χ4n) is 0.448. The van der Waals surface area contributed by atoms with Crippen molar-refractivity contribution in [3.63, 3.8) is 0 Å². The fourth-order valence-corrected chi connectivity index (χ4v) is 0.448. The first kappa shape index (κ1) is 11.3. The largest absolute Gasteiger partial charge is 0.459 e. The molecule has 0 rings (SSSR count). The van der Waals surface area contributed by atoms with Crippen LogP contribution in [0.2, 0.25) is 0 Å². The van der Waals surface area contributed by atoms with E-state index in [0.717, 1.165) is 12.6 Å². The summed E-state index contributed by atoms with van der Waals surface area (Å²) in [5.41, 5.74) is 0. The number of hydrogen-bond donors (Lipinski definition) is 0. The van der Waals surface area contributed by atoms with Crippen LogP contribution in [0.1, 0.15) is 6.42 Å². The Morgan fingerprint density at radius 1 is 0.923 bits per heavy atom. The number of carbonyl (C=O) groups is 2. The molecular weight excluding hydrogens is 180 g/mol. The molecule has 2 radical (unpaired) electrons. The van der Waals surface area contributed by atoms with E-state index in [1.54, 1.807) is 0 Å². The monoisotopic (exact) mass is 186 g/mol. The minimum Gasteiger partial charge on any atom is -0.459 e. The Hall–Kier alpha value is -1.72. The van der Waals surface area contributed by atoms with Crippen LogP contribution in [0.4, 0.5) is 0 Å². The average molecular weight is 186 g/mol. The average Bonchev–Trinajstić information content (AvgIpc) is 2.16. The third kappa shape index (κ3) is 6.67. The van der Waals surface area contributed by atoms with Crippen LogP contribution in [0.15, 0.2) is 0 Å². The molecule has 6 heteroatoms. The van der Waals surface area contributed by atoms with Crippen molar-refractivity contribution in [2.75, 3.05) is 13.2 Å². The Bertz CT molecular complexity index is 187. The van der Waals surface area contributed by atoms with E-state index in [4.69, 9.17) is 0 Å². The molecule has 0 fully saturated rings. The Morgan fingerprint density at radius 3 is 1.62 bits per heavy atom. The van der Waals surface area contributed by atoms with Crippen LogP contribution >= 0.6 is 0 Å². The molecule has 0 aromatic carbocycles. The maximum Gasteiger partial charge on any atom is 0.383 e. The first-order chi connectivity index (χ1) is 6.20. The van der Waals surface area contributed by atoms with Crippen LogP contribution in [0, 0.1) is 0 Å². The number of ether oxygens (including phenoxy) is 2. The fraction of sp³-hybridized carbons (Fsp3) is 0.429. The molecule has 0 atom stereocenters. The summed E-state index contributed by atoms with van der Waals surface area (Å²) < 4.78 is 8.51. The molecule has 0 saturated carbocycles. The van der Waals surface area contributed by atoms with Crippen molar-refractivity contribution in [3.05, 3.63) is 0 Å². The maximum absolute atomic E-state index is 10.1. The topological polar surface area (TPSA) is 86.7 Å². The molecule has 70 valence electrons. The number of esters is 2. The summed E-state index contributed by atoms with van der Waals surface area (Å²) in [6.45, 7) is -0.138. The quantitative estimate of drug-likeness (QED) is 0.290. The van der Waals surface area contributed by atoms with Gasteiger partial charge >= 0.3 is 24.5 Å². The van der Waals surface area contributed by atoms with Crippen molar-refractivity contribution in [3.8, 4) is 0 Å². The van der Waals surface area contributed by atoms with Crippen LogP contribution in [-0.2, 0) is 28.7 Å². The van der Waals surface area contributed by atoms with Crippen molar-refractivity contribution in [2.45, 2.75) is 6.42 Å². The standard InChI is InChI=1S/C7H6O6/c8-4-6(10)12-2-1-3-13-7(11)5-9/h1-3H2. The van der Waals surface area contributed by atoms with Gasteiger partial charge in [0.1, 0.15) is 0 Å². The molecule has 0 unspecified atom stereocenters. The highest BCUT2D eigenvalue weighted by Gasteiger charge is 2.02. The predicted molar refractivity (Wildman–Crippen MR) is 37.9 cm³/mol. The lowest BCUT2D eigenvalue weighted by Gasteiger charge is -2.00. The van der Waals surface area contributed by atoms with Crippen molar-refractivity contribution in [1.29, 1.82) is 0 Å². The molecule has 13 heavy (non-hydrogen) atoms. The van der Waals surface area contributed by atoms with Gasteiger partial charge in [0, 0.05) is 6.42 Å². The molecule has 0 amide bonds. The Kier molecular flexibility index (Phi) is 6.04. The van der Waals surface area contributed by atoms with Crippen molar-refractivity contribution < 1.29 is 28.7 Å². The van der Waals surface area contributed by atoms with Gasteiger partial charge in [-0.2, -0.15) is 0 Å². The van der Waals surface area contributed by atoms with Crippen molar-refractivity contribution in [1.82, 2.24) is 0 Å². The molecule has 6 nitrogen and oxygen atoms in total. The third-order valence-electron chi connectivity index (χ3n) is 0.922. The summed E-state index contributed by atoms with van der Waals surface area (Å²) in [5, 5.41) is 0. The summed E-state index contributed by atoms with van der Waals surface area (Å²) in [5.74, 6) is -2.21.